The van der Waals surface area contributed by atoms with E-state index >= 15 is 0 Å². The fourth-order valence-electron chi connectivity index (χ4n) is 1.55. The summed E-state index contributed by atoms with van der Waals surface area (Å²) < 4.78 is 4.76. The van der Waals surface area contributed by atoms with Crippen LogP contribution in [0.25, 0.3) is 6.08 Å². The van der Waals surface area contributed by atoms with Crippen molar-refractivity contribution in [1.82, 2.24) is 5.32 Å². The molecule has 0 radical (unpaired) electrons. The SMILES string of the molecule is CCCCNC(=O)COC(=O)/C=C/c1cccc([N+](=O)[O-])c1. The largest absolute Gasteiger partial charge is 0.452 e. The van der Waals surface area contributed by atoms with Crippen LogP contribution >= 0.6 is 0 Å². The summed E-state index contributed by atoms with van der Waals surface area (Å²) in [6.45, 7) is 2.21. The summed E-state index contributed by atoms with van der Waals surface area (Å²) in [5.74, 6) is -1.04. The second kappa shape index (κ2) is 9.28. The Bertz CT molecular complexity index is 569. The number of ether oxygens (including phenoxy) is 1. The normalized spacial score (nSPS) is 10.4. The molecule has 0 saturated carbocycles. The maximum atomic E-state index is 11.4. The highest BCUT2D eigenvalue weighted by Crippen LogP contribution is 2.14. The molecule has 1 rings (SSSR count). The smallest absolute Gasteiger partial charge is 0.331 e. The molecule has 0 heterocycles. The zero-order valence-corrected chi connectivity index (χ0v) is 12.3. The van der Waals surface area contributed by atoms with Crippen molar-refractivity contribution < 1.29 is 19.2 Å². The van der Waals surface area contributed by atoms with Gasteiger partial charge in [-0.25, -0.2) is 4.79 Å². The molecule has 0 fully saturated rings. The van der Waals surface area contributed by atoms with Gasteiger partial charge in [0.2, 0.25) is 0 Å². The predicted octanol–water partition coefficient (Wildman–Crippen LogP) is 2.07. The summed E-state index contributed by atoms with van der Waals surface area (Å²) in [4.78, 5) is 32.9. The number of nitrogens with zero attached hydrogens (tertiary/aromatic N) is 1. The first-order valence-corrected chi connectivity index (χ1v) is 6.89. The fraction of sp³-hybridized carbons (Fsp3) is 0.333. The first kappa shape index (κ1) is 17.4. The van der Waals surface area contributed by atoms with Gasteiger partial charge in [0.25, 0.3) is 11.6 Å². The molecular formula is C15H18N2O5. The van der Waals surface area contributed by atoms with Gasteiger partial charge in [-0.2, -0.15) is 0 Å². The molecule has 0 aromatic heterocycles. The molecule has 22 heavy (non-hydrogen) atoms. The van der Waals surface area contributed by atoms with Gasteiger partial charge in [0.1, 0.15) is 0 Å². The van der Waals surface area contributed by atoms with Crippen LogP contribution in [0.2, 0.25) is 0 Å². The Morgan fingerprint density at radius 2 is 2.18 bits per heavy atom. The van der Waals surface area contributed by atoms with Crippen LogP contribution in [0.1, 0.15) is 25.3 Å². The third kappa shape index (κ3) is 6.65. The van der Waals surface area contributed by atoms with E-state index in [2.05, 4.69) is 5.32 Å². The van der Waals surface area contributed by atoms with Gasteiger partial charge in [0.15, 0.2) is 6.61 Å². The van der Waals surface area contributed by atoms with Crippen LogP contribution in [0.3, 0.4) is 0 Å². The first-order chi connectivity index (χ1) is 10.5. The lowest BCUT2D eigenvalue weighted by Gasteiger charge is -2.04. The van der Waals surface area contributed by atoms with Crippen LogP contribution in [0.5, 0.6) is 0 Å². The van der Waals surface area contributed by atoms with Crippen molar-refractivity contribution >= 4 is 23.6 Å². The molecule has 7 nitrogen and oxygen atoms in total. The molecule has 0 spiro atoms. The number of rotatable bonds is 8. The van der Waals surface area contributed by atoms with E-state index in [-0.39, 0.29) is 18.2 Å². The number of unbranched alkanes of at least 4 members (excludes halogenated alkanes) is 1. The topological polar surface area (TPSA) is 98.5 Å². The fourth-order valence-corrected chi connectivity index (χ4v) is 1.55. The summed E-state index contributed by atoms with van der Waals surface area (Å²) >= 11 is 0. The van der Waals surface area contributed by atoms with Crippen LogP contribution in [-0.4, -0.2) is 30.0 Å². The minimum Gasteiger partial charge on any atom is -0.452 e. The Kier molecular flexibility index (Phi) is 7.32. The molecule has 0 atom stereocenters. The summed E-state index contributed by atoms with van der Waals surface area (Å²) in [6, 6.07) is 5.83. The van der Waals surface area contributed by atoms with E-state index in [1.807, 2.05) is 6.92 Å². The average Bonchev–Trinajstić information content (AvgIpc) is 2.51. The van der Waals surface area contributed by atoms with Gasteiger partial charge in [-0.3, -0.25) is 14.9 Å². The predicted molar refractivity (Wildman–Crippen MR) is 81.0 cm³/mol. The lowest BCUT2D eigenvalue weighted by molar-refractivity contribution is -0.384. The van der Waals surface area contributed by atoms with Gasteiger partial charge >= 0.3 is 5.97 Å². The van der Waals surface area contributed by atoms with Crippen molar-refractivity contribution in [2.45, 2.75) is 19.8 Å². The highest BCUT2D eigenvalue weighted by Gasteiger charge is 2.06. The molecule has 0 saturated heterocycles. The van der Waals surface area contributed by atoms with Gasteiger partial charge in [-0.1, -0.05) is 25.5 Å². The summed E-state index contributed by atoms with van der Waals surface area (Å²) in [5.41, 5.74) is 0.435. The molecule has 0 unspecified atom stereocenters. The number of benzene rings is 1. The van der Waals surface area contributed by atoms with E-state index in [1.54, 1.807) is 6.07 Å². The Morgan fingerprint density at radius 3 is 2.86 bits per heavy atom. The Labute approximate surface area is 128 Å². The van der Waals surface area contributed by atoms with E-state index in [0.29, 0.717) is 12.1 Å². The number of carbonyl (C=O) groups excluding carboxylic acids is 2. The number of hydrogen-bond acceptors (Lipinski definition) is 5. The minimum atomic E-state index is -0.683. The quantitative estimate of drug-likeness (QED) is 0.260. The minimum absolute atomic E-state index is 0.0641. The monoisotopic (exact) mass is 306 g/mol. The number of esters is 1. The molecule has 7 heteroatoms. The molecule has 1 aromatic carbocycles. The van der Waals surface area contributed by atoms with Gasteiger partial charge in [0, 0.05) is 24.8 Å². The number of non-ortho nitro benzene ring substituents is 1. The van der Waals surface area contributed by atoms with Crippen molar-refractivity contribution in [1.29, 1.82) is 0 Å². The number of nitro benzene ring substituents is 1. The molecule has 1 N–H and O–H groups in total. The second-order valence-electron chi connectivity index (χ2n) is 4.50. The summed E-state index contributed by atoms with van der Waals surface area (Å²) in [7, 11) is 0. The van der Waals surface area contributed by atoms with Gasteiger partial charge in [-0.05, 0) is 18.1 Å². The molecule has 1 aromatic rings. The highest BCUT2D eigenvalue weighted by atomic mass is 16.6. The van der Waals surface area contributed by atoms with Crippen molar-refractivity contribution in [2.24, 2.45) is 0 Å². The number of amides is 1. The summed E-state index contributed by atoms with van der Waals surface area (Å²) in [5, 5.41) is 13.2. The van der Waals surface area contributed by atoms with Crippen LogP contribution in [-0.2, 0) is 14.3 Å². The lowest BCUT2D eigenvalue weighted by atomic mass is 10.2. The molecule has 0 aliphatic rings. The maximum Gasteiger partial charge on any atom is 0.331 e. The number of carbonyl (C=O) groups is 2. The molecule has 0 bridgehead atoms. The van der Waals surface area contributed by atoms with Crippen LogP contribution in [0.4, 0.5) is 5.69 Å². The Balaban J connectivity index is 2.43. The third-order valence-corrected chi connectivity index (χ3v) is 2.69. The van der Waals surface area contributed by atoms with Crippen molar-refractivity contribution in [2.75, 3.05) is 13.2 Å². The molecule has 1 amide bonds. The second-order valence-corrected chi connectivity index (χ2v) is 4.50. The number of nitrogens with one attached hydrogen (secondary N) is 1. The lowest BCUT2D eigenvalue weighted by Crippen LogP contribution is -2.29. The van der Waals surface area contributed by atoms with E-state index in [0.717, 1.165) is 18.9 Å². The van der Waals surface area contributed by atoms with Gasteiger partial charge in [-0.15, -0.1) is 0 Å². The van der Waals surface area contributed by atoms with E-state index < -0.39 is 10.9 Å². The van der Waals surface area contributed by atoms with Crippen molar-refractivity contribution in [3.63, 3.8) is 0 Å². The first-order valence-electron chi connectivity index (χ1n) is 6.89. The van der Waals surface area contributed by atoms with E-state index in [1.165, 1.54) is 24.3 Å². The van der Waals surface area contributed by atoms with Gasteiger partial charge in [0.05, 0.1) is 4.92 Å². The van der Waals surface area contributed by atoms with Crippen LogP contribution in [0.15, 0.2) is 30.3 Å². The highest BCUT2D eigenvalue weighted by molar-refractivity contribution is 5.89. The molecular weight excluding hydrogens is 288 g/mol. The Morgan fingerprint density at radius 1 is 1.41 bits per heavy atom. The number of hydrogen-bond donors (Lipinski definition) is 1. The molecule has 0 aliphatic heterocycles. The maximum absolute atomic E-state index is 11.4. The zero-order chi connectivity index (χ0) is 16.4. The molecule has 0 aliphatic carbocycles. The van der Waals surface area contributed by atoms with Crippen LogP contribution < -0.4 is 5.32 Å². The standard InChI is InChI=1S/C15H18N2O5/c1-2-3-9-16-14(18)11-22-15(19)8-7-12-5-4-6-13(10-12)17(20)21/h4-8,10H,2-3,9,11H2,1H3,(H,16,18)/b8-7+. The number of nitro groups is 1. The van der Waals surface area contributed by atoms with Crippen molar-refractivity contribution in [3.05, 3.63) is 46.0 Å². The molecule has 118 valence electrons. The third-order valence-electron chi connectivity index (χ3n) is 2.69. The van der Waals surface area contributed by atoms with E-state index in [9.17, 15) is 19.7 Å². The van der Waals surface area contributed by atoms with Crippen molar-refractivity contribution in [3.8, 4) is 0 Å². The Hall–Kier alpha value is -2.70. The van der Waals surface area contributed by atoms with E-state index in [4.69, 9.17) is 4.74 Å². The summed E-state index contributed by atoms with van der Waals surface area (Å²) in [6.07, 6.45) is 4.35. The zero-order valence-electron chi connectivity index (χ0n) is 12.3. The van der Waals surface area contributed by atoms with Crippen LogP contribution in [0, 0.1) is 10.1 Å². The van der Waals surface area contributed by atoms with Gasteiger partial charge < -0.3 is 10.1 Å². The average molecular weight is 306 g/mol.